The number of carbonyl (C=O) groups excluding carboxylic acids is 1. The van der Waals surface area contributed by atoms with Crippen molar-refractivity contribution in [2.75, 3.05) is 44.7 Å². The quantitative estimate of drug-likeness (QED) is 0.847. The maximum Gasteiger partial charge on any atom is 0.237 e. The maximum absolute atomic E-state index is 12.3. The summed E-state index contributed by atoms with van der Waals surface area (Å²) in [6.07, 6.45) is 0. The van der Waals surface area contributed by atoms with Crippen molar-refractivity contribution in [3.63, 3.8) is 0 Å². The summed E-state index contributed by atoms with van der Waals surface area (Å²) in [7, 11) is 1.69. The number of anilines is 1. The molecule has 5 nitrogen and oxygen atoms in total. The molecular weight excluding hydrogens is 312 g/mol. The Bertz CT molecular complexity index is 603. The number of carbonyl (C=O) groups is 1. The Morgan fingerprint density at radius 3 is 2.57 bits per heavy atom. The molecule has 1 heterocycles. The average molecular weight is 335 g/mol. The van der Waals surface area contributed by atoms with Crippen LogP contribution in [0.2, 0.25) is 5.02 Å². The zero-order valence-corrected chi connectivity index (χ0v) is 14.7. The summed E-state index contributed by atoms with van der Waals surface area (Å²) in [6.45, 7) is 7.21. The van der Waals surface area contributed by atoms with E-state index in [4.69, 9.17) is 16.9 Å². The Labute approximate surface area is 143 Å². The van der Waals surface area contributed by atoms with Crippen LogP contribution in [0.4, 0.5) is 5.69 Å². The van der Waals surface area contributed by atoms with Crippen LogP contribution in [-0.4, -0.2) is 61.0 Å². The fourth-order valence-corrected chi connectivity index (χ4v) is 2.71. The molecule has 124 valence electrons. The highest BCUT2D eigenvalue weighted by Crippen LogP contribution is 2.21. The van der Waals surface area contributed by atoms with Gasteiger partial charge in [0.2, 0.25) is 5.91 Å². The van der Waals surface area contributed by atoms with E-state index in [1.54, 1.807) is 20.9 Å². The van der Waals surface area contributed by atoms with Crippen molar-refractivity contribution in [2.24, 2.45) is 0 Å². The fraction of sp³-hybridized carbons (Fsp3) is 0.529. The van der Waals surface area contributed by atoms with Gasteiger partial charge in [0.1, 0.15) is 5.54 Å². The van der Waals surface area contributed by atoms with Crippen molar-refractivity contribution >= 4 is 23.2 Å². The van der Waals surface area contributed by atoms with Crippen molar-refractivity contribution < 1.29 is 4.79 Å². The van der Waals surface area contributed by atoms with E-state index >= 15 is 0 Å². The molecule has 1 aromatic rings. The number of nitriles is 1. The minimum atomic E-state index is -0.778. The van der Waals surface area contributed by atoms with Gasteiger partial charge < -0.3 is 9.80 Å². The number of piperazine rings is 1. The van der Waals surface area contributed by atoms with Crippen molar-refractivity contribution in [1.82, 2.24) is 9.80 Å². The second-order valence-electron chi connectivity index (χ2n) is 6.37. The molecule has 0 aliphatic carbocycles. The fourth-order valence-electron chi connectivity index (χ4n) is 2.52. The van der Waals surface area contributed by atoms with E-state index in [1.807, 2.05) is 18.2 Å². The van der Waals surface area contributed by atoms with E-state index in [9.17, 15) is 4.79 Å². The molecule has 1 saturated heterocycles. The van der Waals surface area contributed by atoms with E-state index in [2.05, 4.69) is 21.9 Å². The number of rotatable bonds is 4. The predicted molar refractivity (Wildman–Crippen MR) is 92.6 cm³/mol. The van der Waals surface area contributed by atoms with Crippen LogP contribution >= 0.6 is 11.6 Å². The van der Waals surface area contributed by atoms with Crippen LogP contribution in [0.3, 0.4) is 0 Å². The van der Waals surface area contributed by atoms with Gasteiger partial charge in [0, 0.05) is 43.9 Å². The lowest BCUT2D eigenvalue weighted by Crippen LogP contribution is -2.52. The zero-order chi connectivity index (χ0) is 17.0. The van der Waals surface area contributed by atoms with Gasteiger partial charge in [-0.1, -0.05) is 17.7 Å². The lowest BCUT2D eigenvalue weighted by molar-refractivity contribution is -0.134. The predicted octanol–water partition coefficient (Wildman–Crippen LogP) is 2.22. The van der Waals surface area contributed by atoms with E-state index in [1.165, 1.54) is 4.90 Å². The molecule has 0 N–H and O–H groups in total. The van der Waals surface area contributed by atoms with E-state index in [0.717, 1.165) is 36.9 Å². The summed E-state index contributed by atoms with van der Waals surface area (Å²) in [5, 5.41) is 9.86. The largest absolute Gasteiger partial charge is 0.369 e. The Morgan fingerprint density at radius 2 is 2.00 bits per heavy atom. The monoisotopic (exact) mass is 334 g/mol. The first kappa shape index (κ1) is 17.6. The van der Waals surface area contributed by atoms with Crippen LogP contribution in [0.15, 0.2) is 24.3 Å². The molecule has 6 heteroatoms. The van der Waals surface area contributed by atoms with Gasteiger partial charge in [-0.05, 0) is 32.0 Å². The third-order valence-corrected chi connectivity index (χ3v) is 4.63. The summed E-state index contributed by atoms with van der Waals surface area (Å²) in [6, 6.07) is 9.99. The Balaban J connectivity index is 1.88. The summed E-state index contributed by atoms with van der Waals surface area (Å²) in [5.41, 5.74) is 0.339. The molecule has 1 aliphatic rings. The van der Waals surface area contributed by atoms with Crippen molar-refractivity contribution in [3.8, 4) is 6.07 Å². The van der Waals surface area contributed by atoms with Gasteiger partial charge in [0.05, 0.1) is 12.6 Å². The zero-order valence-electron chi connectivity index (χ0n) is 13.9. The molecule has 0 radical (unpaired) electrons. The standard InChI is InChI=1S/C17H23ClN4O/c1-17(2,13-19)20(3)16(23)12-21-7-9-22(10-8-21)15-6-4-5-14(18)11-15/h4-6,11H,7-10,12H2,1-3H3. The first-order valence-electron chi connectivity index (χ1n) is 7.74. The van der Waals surface area contributed by atoms with Gasteiger partial charge in [-0.3, -0.25) is 9.69 Å². The van der Waals surface area contributed by atoms with Crippen LogP contribution < -0.4 is 4.90 Å². The van der Waals surface area contributed by atoms with Gasteiger partial charge in [-0.25, -0.2) is 0 Å². The van der Waals surface area contributed by atoms with Crippen LogP contribution in [-0.2, 0) is 4.79 Å². The Morgan fingerprint density at radius 1 is 1.35 bits per heavy atom. The number of benzene rings is 1. The number of halogens is 1. The van der Waals surface area contributed by atoms with E-state index < -0.39 is 5.54 Å². The summed E-state index contributed by atoms with van der Waals surface area (Å²) in [4.78, 5) is 18.2. The molecule has 0 unspecified atom stereocenters. The molecule has 0 bridgehead atoms. The van der Waals surface area contributed by atoms with Crippen LogP contribution in [0.25, 0.3) is 0 Å². The summed E-state index contributed by atoms with van der Waals surface area (Å²) >= 11 is 6.04. The molecule has 0 atom stereocenters. The number of hydrogen-bond acceptors (Lipinski definition) is 4. The van der Waals surface area contributed by atoms with Gasteiger partial charge >= 0.3 is 0 Å². The Hall–Kier alpha value is -1.77. The van der Waals surface area contributed by atoms with Crippen molar-refractivity contribution in [3.05, 3.63) is 29.3 Å². The van der Waals surface area contributed by atoms with E-state index in [0.29, 0.717) is 6.54 Å². The molecule has 0 saturated carbocycles. The van der Waals surface area contributed by atoms with Crippen LogP contribution in [0.5, 0.6) is 0 Å². The van der Waals surface area contributed by atoms with E-state index in [-0.39, 0.29) is 5.91 Å². The molecule has 1 fully saturated rings. The topological polar surface area (TPSA) is 50.6 Å². The molecule has 2 rings (SSSR count). The van der Waals surface area contributed by atoms with Gasteiger partial charge in [0.15, 0.2) is 0 Å². The Kier molecular flexibility index (Phi) is 5.51. The van der Waals surface area contributed by atoms with Crippen LogP contribution in [0, 0.1) is 11.3 Å². The number of amides is 1. The normalized spacial score (nSPS) is 16.0. The number of likely N-dealkylation sites (N-methyl/N-ethyl adjacent to an activating group) is 1. The highest BCUT2D eigenvalue weighted by atomic mass is 35.5. The molecule has 1 amide bonds. The molecule has 0 spiro atoms. The van der Waals surface area contributed by atoms with Gasteiger partial charge in [0.25, 0.3) is 0 Å². The minimum absolute atomic E-state index is 0.0206. The van der Waals surface area contributed by atoms with Gasteiger partial charge in [-0.15, -0.1) is 0 Å². The second-order valence-corrected chi connectivity index (χ2v) is 6.80. The van der Waals surface area contributed by atoms with Crippen molar-refractivity contribution in [2.45, 2.75) is 19.4 Å². The molecule has 1 aromatic carbocycles. The smallest absolute Gasteiger partial charge is 0.237 e. The molecule has 23 heavy (non-hydrogen) atoms. The molecule has 0 aromatic heterocycles. The number of hydrogen-bond donors (Lipinski definition) is 0. The highest BCUT2D eigenvalue weighted by Gasteiger charge is 2.29. The third-order valence-electron chi connectivity index (χ3n) is 4.39. The SMILES string of the molecule is CN(C(=O)CN1CCN(c2cccc(Cl)c2)CC1)C(C)(C)C#N. The third kappa shape index (κ3) is 4.37. The summed E-state index contributed by atoms with van der Waals surface area (Å²) < 4.78 is 0. The minimum Gasteiger partial charge on any atom is -0.369 e. The first-order valence-corrected chi connectivity index (χ1v) is 8.12. The second kappa shape index (κ2) is 7.20. The van der Waals surface area contributed by atoms with Crippen LogP contribution in [0.1, 0.15) is 13.8 Å². The average Bonchev–Trinajstić information content (AvgIpc) is 2.54. The lowest BCUT2D eigenvalue weighted by atomic mass is 10.1. The van der Waals surface area contributed by atoms with Gasteiger partial charge in [-0.2, -0.15) is 5.26 Å². The maximum atomic E-state index is 12.3. The summed E-state index contributed by atoms with van der Waals surface area (Å²) in [5.74, 6) is -0.0206. The lowest BCUT2D eigenvalue weighted by Gasteiger charge is -2.37. The number of nitrogens with zero attached hydrogens (tertiary/aromatic N) is 4. The molecule has 1 aliphatic heterocycles. The van der Waals surface area contributed by atoms with Crippen molar-refractivity contribution in [1.29, 1.82) is 5.26 Å². The highest BCUT2D eigenvalue weighted by molar-refractivity contribution is 6.30. The molecular formula is C17H23ClN4O. The first-order chi connectivity index (χ1) is 10.8.